The molecule has 0 aliphatic carbocycles. The summed E-state index contributed by atoms with van der Waals surface area (Å²) in [4.78, 5) is 0. The maximum Gasteiger partial charge on any atom is 0.214 e. The van der Waals surface area contributed by atoms with Crippen LogP contribution in [0.4, 0.5) is 0 Å². The summed E-state index contributed by atoms with van der Waals surface area (Å²) in [6.07, 6.45) is 8.58. The molecule has 0 saturated carbocycles. The Kier molecular flexibility index (Phi) is 9.52. The highest BCUT2D eigenvalue weighted by atomic mass is 32.2. The third-order valence-corrected chi connectivity index (χ3v) is 6.29. The molecule has 1 fully saturated rings. The van der Waals surface area contributed by atoms with Crippen LogP contribution in [0.5, 0.6) is 0 Å². The Morgan fingerprint density at radius 2 is 1.86 bits per heavy atom. The zero-order chi connectivity index (χ0) is 15.6. The zero-order valence-corrected chi connectivity index (χ0v) is 14.8. The molecule has 0 bridgehead atoms. The first-order valence-corrected chi connectivity index (χ1v) is 10.4. The van der Waals surface area contributed by atoms with Crippen molar-refractivity contribution in [3.05, 3.63) is 0 Å². The van der Waals surface area contributed by atoms with E-state index in [0.717, 1.165) is 64.2 Å². The van der Waals surface area contributed by atoms with Crippen molar-refractivity contribution >= 4 is 10.0 Å². The Bertz CT molecular complexity index is 357. The molecule has 1 atom stereocenters. The monoisotopic (exact) mass is 318 g/mol. The van der Waals surface area contributed by atoms with Gasteiger partial charge in [0.05, 0.1) is 5.75 Å². The number of nitrogens with one attached hydrogen (secondary N) is 1. The normalized spacial score (nSPS) is 21.3. The van der Waals surface area contributed by atoms with Crippen molar-refractivity contribution in [3.8, 4) is 0 Å². The van der Waals surface area contributed by atoms with E-state index in [9.17, 15) is 8.42 Å². The molecule has 1 N–H and O–H groups in total. The van der Waals surface area contributed by atoms with Crippen LogP contribution in [0, 0.1) is 5.92 Å². The predicted octanol–water partition coefficient (Wildman–Crippen LogP) is 3.00. The third kappa shape index (κ3) is 7.61. The average molecular weight is 319 g/mol. The fourth-order valence-corrected chi connectivity index (χ4v) is 4.70. The van der Waals surface area contributed by atoms with Gasteiger partial charge in [0, 0.05) is 13.1 Å². The van der Waals surface area contributed by atoms with Gasteiger partial charge in [-0.3, -0.25) is 0 Å². The van der Waals surface area contributed by atoms with Crippen LogP contribution in [0.1, 0.15) is 65.2 Å². The lowest BCUT2D eigenvalue weighted by molar-refractivity contribution is 0.399. The van der Waals surface area contributed by atoms with E-state index >= 15 is 0 Å². The van der Waals surface area contributed by atoms with Gasteiger partial charge in [-0.05, 0) is 57.5 Å². The molecule has 0 amide bonds. The van der Waals surface area contributed by atoms with Crippen LogP contribution < -0.4 is 5.32 Å². The second kappa shape index (κ2) is 10.6. The van der Waals surface area contributed by atoms with Crippen molar-refractivity contribution in [2.24, 2.45) is 5.92 Å². The second-order valence-electron chi connectivity index (χ2n) is 6.26. The van der Waals surface area contributed by atoms with Crippen molar-refractivity contribution in [2.75, 3.05) is 31.9 Å². The van der Waals surface area contributed by atoms with E-state index in [1.54, 1.807) is 4.31 Å². The van der Waals surface area contributed by atoms with Gasteiger partial charge in [0.2, 0.25) is 10.0 Å². The Morgan fingerprint density at radius 1 is 1.05 bits per heavy atom. The summed E-state index contributed by atoms with van der Waals surface area (Å²) in [6.45, 7) is 7.78. The third-order valence-electron chi connectivity index (χ3n) is 4.33. The molecule has 5 heteroatoms. The van der Waals surface area contributed by atoms with Crippen LogP contribution in [0.3, 0.4) is 0 Å². The molecule has 1 aliphatic heterocycles. The number of hydrogen-bond acceptors (Lipinski definition) is 3. The minimum absolute atomic E-state index is 0.319. The summed E-state index contributed by atoms with van der Waals surface area (Å²) in [6, 6.07) is 0. The highest BCUT2D eigenvalue weighted by Crippen LogP contribution is 2.23. The number of rotatable bonds is 10. The Balaban J connectivity index is 2.29. The Labute approximate surface area is 131 Å². The quantitative estimate of drug-likeness (QED) is 0.630. The second-order valence-corrected chi connectivity index (χ2v) is 8.35. The Hall–Kier alpha value is -0.130. The van der Waals surface area contributed by atoms with Crippen LogP contribution in [0.15, 0.2) is 0 Å². The number of hydrogen-bond donors (Lipinski definition) is 1. The van der Waals surface area contributed by atoms with Gasteiger partial charge in [-0.15, -0.1) is 0 Å². The molecule has 1 saturated heterocycles. The van der Waals surface area contributed by atoms with Gasteiger partial charge in [-0.1, -0.05) is 26.7 Å². The first-order valence-electron chi connectivity index (χ1n) is 8.78. The predicted molar refractivity (Wildman–Crippen MR) is 90.0 cm³/mol. The minimum atomic E-state index is -3.03. The highest BCUT2D eigenvalue weighted by Gasteiger charge is 2.25. The first-order chi connectivity index (χ1) is 10.1. The van der Waals surface area contributed by atoms with Crippen molar-refractivity contribution in [3.63, 3.8) is 0 Å². The SMILES string of the molecule is CCCNCCCCS(=O)(=O)N1CCCC(CCC)CC1. The number of unbranched alkanes of at least 4 members (excludes halogenated alkanes) is 1. The summed E-state index contributed by atoms with van der Waals surface area (Å²) in [5.41, 5.74) is 0. The van der Waals surface area contributed by atoms with Crippen LogP contribution in [-0.4, -0.2) is 44.7 Å². The molecular weight excluding hydrogens is 284 g/mol. The molecule has 1 aliphatic rings. The number of nitrogens with zero attached hydrogens (tertiary/aromatic N) is 1. The van der Waals surface area contributed by atoms with E-state index in [4.69, 9.17) is 0 Å². The van der Waals surface area contributed by atoms with Crippen LogP contribution in [0.25, 0.3) is 0 Å². The van der Waals surface area contributed by atoms with E-state index in [-0.39, 0.29) is 0 Å². The van der Waals surface area contributed by atoms with Crippen molar-refractivity contribution in [1.29, 1.82) is 0 Å². The molecule has 0 spiro atoms. The minimum Gasteiger partial charge on any atom is -0.317 e. The molecule has 0 radical (unpaired) electrons. The number of sulfonamides is 1. The van der Waals surface area contributed by atoms with E-state index in [0.29, 0.717) is 5.75 Å². The Morgan fingerprint density at radius 3 is 2.57 bits per heavy atom. The van der Waals surface area contributed by atoms with Crippen LogP contribution in [0.2, 0.25) is 0 Å². The molecule has 0 aromatic rings. The molecular formula is C16H34N2O2S. The topological polar surface area (TPSA) is 49.4 Å². The fraction of sp³-hybridized carbons (Fsp3) is 1.00. The van der Waals surface area contributed by atoms with Gasteiger partial charge in [0.1, 0.15) is 0 Å². The van der Waals surface area contributed by atoms with E-state index in [2.05, 4.69) is 19.2 Å². The highest BCUT2D eigenvalue weighted by molar-refractivity contribution is 7.89. The average Bonchev–Trinajstić information content (AvgIpc) is 2.69. The van der Waals surface area contributed by atoms with Crippen LogP contribution in [-0.2, 0) is 10.0 Å². The van der Waals surface area contributed by atoms with Crippen molar-refractivity contribution in [2.45, 2.75) is 65.2 Å². The molecule has 0 aromatic heterocycles. The fourth-order valence-electron chi connectivity index (χ4n) is 3.08. The van der Waals surface area contributed by atoms with E-state index in [1.165, 1.54) is 19.3 Å². The van der Waals surface area contributed by atoms with E-state index < -0.39 is 10.0 Å². The van der Waals surface area contributed by atoms with Gasteiger partial charge in [-0.2, -0.15) is 0 Å². The summed E-state index contributed by atoms with van der Waals surface area (Å²) < 4.78 is 26.5. The molecule has 1 unspecified atom stereocenters. The van der Waals surface area contributed by atoms with Crippen molar-refractivity contribution in [1.82, 2.24) is 9.62 Å². The molecule has 126 valence electrons. The van der Waals surface area contributed by atoms with Crippen molar-refractivity contribution < 1.29 is 8.42 Å². The largest absolute Gasteiger partial charge is 0.317 e. The summed E-state index contributed by atoms with van der Waals surface area (Å²) in [5.74, 6) is 1.05. The van der Waals surface area contributed by atoms with Gasteiger partial charge in [-0.25, -0.2) is 12.7 Å². The lowest BCUT2D eigenvalue weighted by atomic mass is 9.96. The maximum absolute atomic E-state index is 12.4. The summed E-state index contributed by atoms with van der Waals surface area (Å²) in [7, 11) is -3.03. The first kappa shape index (κ1) is 18.9. The van der Waals surface area contributed by atoms with Gasteiger partial charge in [0.15, 0.2) is 0 Å². The molecule has 0 aromatic carbocycles. The van der Waals surface area contributed by atoms with E-state index in [1.807, 2.05) is 0 Å². The molecule has 4 nitrogen and oxygen atoms in total. The smallest absolute Gasteiger partial charge is 0.214 e. The van der Waals surface area contributed by atoms with Gasteiger partial charge in [0.25, 0.3) is 0 Å². The maximum atomic E-state index is 12.4. The summed E-state index contributed by atoms with van der Waals surface area (Å²) in [5, 5.41) is 3.32. The summed E-state index contributed by atoms with van der Waals surface area (Å²) >= 11 is 0. The molecule has 1 heterocycles. The zero-order valence-electron chi connectivity index (χ0n) is 13.9. The standard InChI is InChI=1S/C16H34N2O2S/c1-3-8-16-9-7-13-18(14-10-16)21(19,20)15-6-5-12-17-11-4-2/h16-17H,3-15H2,1-2H3. The molecule has 1 rings (SSSR count). The lowest BCUT2D eigenvalue weighted by Gasteiger charge is -2.20. The lowest BCUT2D eigenvalue weighted by Crippen LogP contribution is -2.34. The molecule has 21 heavy (non-hydrogen) atoms. The van der Waals surface area contributed by atoms with Crippen LogP contribution >= 0.6 is 0 Å². The van der Waals surface area contributed by atoms with Gasteiger partial charge < -0.3 is 5.32 Å². The van der Waals surface area contributed by atoms with Gasteiger partial charge >= 0.3 is 0 Å².